The van der Waals surface area contributed by atoms with Gasteiger partial charge in [0.05, 0.1) is 11.6 Å². The maximum atomic E-state index is 11.4. The Hall–Kier alpha value is -2.55. The van der Waals surface area contributed by atoms with Crippen LogP contribution in [0.5, 0.6) is 5.75 Å². The number of carbonyl (C=O) groups excluding carboxylic acids is 2. The number of nitriles is 1. The van der Waals surface area contributed by atoms with Crippen molar-refractivity contribution in [2.45, 2.75) is 12.8 Å². The number of nitrogens with two attached hydrogens (primary N) is 1. The summed E-state index contributed by atoms with van der Waals surface area (Å²) in [7, 11) is 0. The van der Waals surface area contributed by atoms with Crippen LogP contribution in [0.1, 0.15) is 18.4 Å². The molecule has 0 aromatic heterocycles. The highest BCUT2D eigenvalue weighted by Crippen LogP contribution is 2.11. The van der Waals surface area contributed by atoms with E-state index in [0.29, 0.717) is 24.3 Å². The third-order valence-corrected chi connectivity index (χ3v) is 2.28. The van der Waals surface area contributed by atoms with Gasteiger partial charge in [-0.1, -0.05) is 0 Å². The van der Waals surface area contributed by atoms with Gasteiger partial charge < -0.3 is 15.8 Å². The molecule has 1 aromatic carbocycles. The van der Waals surface area contributed by atoms with E-state index >= 15 is 0 Å². The number of hydrogen-bond donors (Lipinski definition) is 2. The molecule has 0 unspecified atom stereocenters. The van der Waals surface area contributed by atoms with Crippen molar-refractivity contribution in [3.05, 3.63) is 29.8 Å². The lowest BCUT2D eigenvalue weighted by Crippen LogP contribution is -2.30. The molecule has 3 N–H and O–H groups in total. The Morgan fingerprint density at radius 3 is 2.58 bits per heavy atom. The molecule has 0 aliphatic heterocycles. The van der Waals surface area contributed by atoms with Crippen molar-refractivity contribution in [1.82, 2.24) is 5.32 Å². The third-order valence-electron chi connectivity index (χ3n) is 2.28. The highest BCUT2D eigenvalue weighted by Gasteiger charge is 2.03. The fraction of sp³-hybridized carbons (Fsp3) is 0.308. The minimum Gasteiger partial charge on any atom is -0.484 e. The standard InChI is InChI=1S/C13H15N3O3/c14-8-10-3-5-11(6-4-10)19-9-13(18)16-7-1-2-12(15)17/h3-6H,1-2,7,9H2,(H2,15,17)(H,16,18). The van der Waals surface area contributed by atoms with Crippen molar-refractivity contribution < 1.29 is 14.3 Å². The topological polar surface area (TPSA) is 105 Å². The van der Waals surface area contributed by atoms with Gasteiger partial charge in [-0.3, -0.25) is 9.59 Å². The van der Waals surface area contributed by atoms with Gasteiger partial charge in [0.1, 0.15) is 5.75 Å². The first kappa shape index (κ1) is 14.5. The molecule has 100 valence electrons. The zero-order valence-corrected chi connectivity index (χ0v) is 10.4. The SMILES string of the molecule is N#Cc1ccc(OCC(=O)NCCCC(N)=O)cc1. The molecule has 0 fully saturated rings. The minimum absolute atomic E-state index is 0.109. The number of amides is 2. The van der Waals surface area contributed by atoms with Crippen molar-refractivity contribution in [2.24, 2.45) is 5.73 Å². The van der Waals surface area contributed by atoms with E-state index < -0.39 is 0 Å². The second-order valence-corrected chi connectivity index (χ2v) is 3.84. The Balaban J connectivity index is 2.22. The van der Waals surface area contributed by atoms with Crippen molar-refractivity contribution in [3.8, 4) is 11.8 Å². The maximum absolute atomic E-state index is 11.4. The van der Waals surface area contributed by atoms with Gasteiger partial charge in [0.15, 0.2) is 6.61 Å². The largest absolute Gasteiger partial charge is 0.484 e. The molecule has 1 rings (SSSR count). The molecule has 6 heteroatoms. The molecule has 1 aromatic rings. The molecule has 2 amide bonds. The molecule has 19 heavy (non-hydrogen) atoms. The summed E-state index contributed by atoms with van der Waals surface area (Å²) in [6.07, 6.45) is 0.759. The molecule has 0 atom stereocenters. The van der Waals surface area contributed by atoms with Gasteiger partial charge in [-0.05, 0) is 30.7 Å². The van der Waals surface area contributed by atoms with Crippen molar-refractivity contribution in [1.29, 1.82) is 5.26 Å². The summed E-state index contributed by atoms with van der Waals surface area (Å²) in [5.74, 6) is -0.136. The van der Waals surface area contributed by atoms with Crippen LogP contribution in [0.25, 0.3) is 0 Å². The molecule has 0 heterocycles. The lowest BCUT2D eigenvalue weighted by molar-refractivity contribution is -0.123. The van der Waals surface area contributed by atoms with Gasteiger partial charge >= 0.3 is 0 Å². The highest BCUT2D eigenvalue weighted by molar-refractivity contribution is 5.77. The summed E-state index contributed by atoms with van der Waals surface area (Å²) in [4.78, 5) is 21.8. The Labute approximate surface area is 111 Å². The van der Waals surface area contributed by atoms with Crippen LogP contribution in [0.4, 0.5) is 0 Å². The normalized spacial score (nSPS) is 9.42. The van der Waals surface area contributed by atoms with Crippen molar-refractivity contribution >= 4 is 11.8 Å². The van der Waals surface area contributed by atoms with Gasteiger partial charge in [-0.25, -0.2) is 0 Å². The number of primary amides is 1. The Morgan fingerprint density at radius 2 is 2.00 bits per heavy atom. The number of ether oxygens (including phenoxy) is 1. The molecule has 6 nitrogen and oxygen atoms in total. The predicted molar refractivity (Wildman–Crippen MR) is 68.1 cm³/mol. The predicted octanol–water partition coefficient (Wildman–Crippen LogP) is 0.319. The van der Waals surface area contributed by atoms with Crippen LogP contribution in [-0.2, 0) is 9.59 Å². The molecule has 0 saturated heterocycles. The zero-order valence-electron chi connectivity index (χ0n) is 10.4. The van der Waals surface area contributed by atoms with Crippen LogP contribution in [0, 0.1) is 11.3 Å². The smallest absolute Gasteiger partial charge is 0.257 e. The van der Waals surface area contributed by atoms with Gasteiger partial charge in [0.2, 0.25) is 5.91 Å². The van der Waals surface area contributed by atoms with Gasteiger partial charge in [-0.2, -0.15) is 5.26 Å². The summed E-state index contributed by atoms with van der Waals surface area (Å²) in [5.41, 5.74) is 5.50. The fourth-order valence-electron chi connectivity index (χ4n) is 1.32. The van der Waals surface area contributed by atoms with E-state index in [-0.39, 0.29) is 24.8 Å². The number of nitrogens with one attached hydrogen (secondary N) is 1. The van der Waals surface area contributed by atoms with E-state index in [0.717, 1.165) is 0 Å². The second kappa shape index (κ2) is 7.71. The van der Waals surface area contributed by atoms with Crippen LogP contribution in [0.3, 0.4) is 0 Å². The molecule has 0 aliphatic rings. The Kier molecular flexibility index (Phi) is 5.89. The number of hydrogen-bond acceptors (Lipinski definition) is 4. The van der Waals surface area contributed by atoms with E-state index in [4.69, 9.17) is 15.7 Å². The minimum atomic E-state index is -0.386. The van der Waals surface area contributed by atoms with Gasteiger partial charge in [0.25, 0.3) is 5.91 Å². The second-order valence-electron chi connectivity index (χ2n) is 3.84. The number of nitrogens with zero attached hydrogens (tertiary/aromatic N) is 1. The first-order valence-electron chi connectivity index (χ1n) is 5.80. The highest BCUT2D eigenvalue weighted by atomic mass is 16.5. The van der Waals surface area contributed by atoms with Crippen molar-refractivity contribution in [2.75, 3.05) is 13.2 Å². The average molecular weight is 261 g/mol. The molecule has 0 bridgehead atoms. The van der Waals surface area contributed by atoms with E-state index in [1.165, 1.54) is 0 Å². The molecular formula is C13H15N3O3. The first-order valence-corrected chi connectivity index (χ1v) is 5.80. The van der Waals surface area contributed by atoms with E-state index in [1.54, 1.807) is 24.3 Å². The van der Waals surface area contributed by atoms with E-state index in [2.05, 4.69) is 5.32 Å². The van der Waals surface area contributed by atoms with Crippen LogP contribution in [-0.4, -0.2) is 25.0 Å². The third kappa shape index (κ3) is 6.07. The Bertz CT molecular complexity index is 477. The summed E-state index contributed by atoms with van der Waals surface area (Å²) in [6, 6.07) is 8.46. The molecule has 0 saturated carbocycles. The summed E-state index contributed by atoms with van der Waals surface area (Å²) in [6.45, 7) is 0.279. The van der Waals surface area contributed by atoms with Crippen molar-refractivity contribution in [3.63, 3.8) is 0 Å². The summed E-state index contributed by atoms with van der Waals surface area (Å²) in [5, 5.41) is 11.2. The quantitative estimate of drug-likeness (QED) is 0.689. The monoisotopic (exact) mass is 261 g/mol. The number of rotatable bonds is 7. The molecule has 0 aliphatic carbocycles. The molecule has 0 spiro atoms. The van der Waals surface area contributed by atoms with Crippen LogP contribution in [0.15, 0.2) is 24.3 Å². The maximum Gasteiger partial charge on any atom is 0.257 e. The number of benzene rings is 1. The summed E-state index contributed by atoms with van der Waals surface area (Å²) >= 11 is 0. The average Bonchev–Trinajstić information content (AvgIpc) is 2.41. The van der Waals surface area contributed by atoms with E-state index in [9.17, 15) is 9.59 Å². The Morgan fingerprint density at radius 1 is 1.32 bits per heavy atom. The number of carbonyl (C=O) groups is 2. The lowest BCUT2D eigenvalue weighted by atomic mass is 10.2. The molecular weight excluding hydrogens is 246 g/mol. The lowest BCUT2D eigenvalue weighted by Gasteiger charge is -2.07. The van der Waals surface area contributed by atoms with Crippen LogP contribution in [0.2, 0.25) is 0 Å². The summed E-state index contributed by atoms with van der Waals surface area (Å²) < 4.78 is 5.23. The first-order chi connectivity index (χ1) is 9.11. The zero-order chi connectivity index (χ0) is 14.1. The van der Waals surface area contributed by atoms with Crippen LogP contribution >= 0.6 is 0 Å². The van der Waals surface area contributed by atoms with Gasteiger partial charge in [-0.15, -0.1) is 0 Å². The fourth-order valence-corrected chi connectivity index (χ4v) is 1.32. The molecule has 0 radical (unpaired) electrons. The van der Waals surface area contributed by atoms with Gasteiger partial charge in [0, 0.05) is 13.0 Å². The van der Waals surface area contributed by atoms with E-state index in [1.807, 2.05) is 6.07 Å². The van der Waals surface area contributed by atoms with Crippen LogP contribution < -0.4 is 15.8 Å².